The van der Waals surface area contributed by atoms with Crippen LogP contribution < -0.4 is 0 Å². The molecule has 0 aromatic rings. The fourth-order valence-corrected chi connectivity index (χ4v) is 1.79. The van der Waals surface area contributed by atoms with Gasteiger partial charge in [0.1, 0.15) is 0 Å². The van der Waals surface area contributed by atoms with E-state index >= 15 is 0 Å². The Balaban J connectivity index is 4.28. The molecule has 5 heteroatoms. The van der Waals surface area contributed by atoms with E-state index in [4.69, 9.17) is 4.43 Å². The number of hydrogen-bond donors (Lipinski definition) is 0. The number of hydrogen-bond acceptors (Lipinski definition) is 3. The largest absolute Gasteiger partial charge is 0.517 e. The van der Waals surface area contributed by atoms with Gasteiger partial charge in [-0.05, 0) is 33.5 Å². The summed E-state index contributed by atoms with van der Waals surface area (Å²) in [4.78, 5) is 24.5. The number of amides is 1. The zero-order valence-corrected chi connectivity index (χ0v) is 11.7. The molecule has 0 spiro atoms. The van der Waals surface area contributed by atoms with Crippen LogP contribution in [0.2, 0.25) is 19.6 Å². The molecule has 16 heavy (non-hydrogen) atoms. The summed E-state index contributed by atoms with van der Waals surface area (Å²) in [6.07, 6.45) is 2.48. The van der Waals surface area contributed by atoms with Crippen LogP contribution in [0.1, 0.15) is 13.8 Å². The molecule has 0 radical (unpaired) electrons. The third-order valence-electron chi connectivity index (χ3n) is 1.84. The van der Waals surface area contributed by atoms with Crippen LogP contribution in [0.4, 0.5) is 0 Å². The Morgan fingerprint density at radius 1 is 1.12 bits per heavy atom. The van der Waals surface area contributed by atoms with Gasteiger partial charge in [0.15, 0.2) is 0 Å². The van der Waals surface area contributed by atoms with E-state index in [1.807, 2.05) is 33.5 Å². The van der Waals surface area contributed by atoms with Crippen molar-refractivity contribution in [2.24, 2.45) is 0 Å². The van der Waals surface area contributed by atoms with Gasteiger partial charge in [0.2, 0.25) is 14.2 Å². The SMILES string of the molecule is CCN(CC)C(=O)/C=C/C(=O)O[Si](C)(C)C. The lowest BCUT2D eigenvalue weighted by atomic mass is 10.4. The zero-order chi connectivity index (χ0) is 12.8. The highest BCUT2D eigenvalue weighted by Gasteiger charge is 2.18. The summed E-state index contributed by atoms with van der Waals surface area (Å²) in [5.41, 5.74) is 0. The molecular formula is C11H21NO3Si. The van der Waals surface area contributed by atoms with Gasteiger partial charge < -0.3 is 9.33 Å². The molecule has 0 aliphatic heterocycles. The number of carbonyl (C=O) groups is 2. The summed E-state index contributed by atoms with van der Waals surface area (Å²) in [6.45, 7) is 10.8. The van der Waals surface area contributed by atoms with E-state index in [9.17, 15) is 9.59 Å². The topological polar surface area (TPSA) is 46.6 Å². The van der Waals surface area contributed by atoms with E-state index in [1.54, 1.807) is 4.90 Å². The van der Waals surface area contributed by atoms with Gasteiger partial charge in [-0.25, -0.2) is 4.79 Å². The molecule has 0 aliphatic carbocycles. The molecule has 0 aromatic heterocycles. The van der Waals surface area contributed by atoms with Gasteiger partial charge in [-0.3, -0.25) is 4.79 Å². The van der Waals surface area contributed by atoms with Crippen LogP contribution in [-0.4, -0.2) is 38.2 Å². The quantitative estimate of drug-likeness (QED) is 0.546. The fraction of sp³-hybridized carbons (Fsp3) is 0.636. The Labute approximate surface area is 98.4 Å². The van der Waals surface area contributed by atoms with Crippen LogP contribution in [0, 0.1) is 0 Å². The van der Waals surface area contributed by atoms with Gasteiger partial charge in [-0.1, -0.05) is 0 Å². The maximum Gasteiger partial charge on any atom is 0.317 e. The van der Waals surface area contributed by atoms with Crippen molar-refractivity contribution < 1.29 is 14.0 Å². The minimum atomic E-state index is -1.86. The predicted molar refractivity (Wildman–Crippen MR) is 66.5 cm³/mol. The highest BCUT2D eigenvalue weighted by molar-refractivity contribution is 6.71. The fourth-order valence-electron chi connectivity index (χ4n) is 1.12. The maximum absolute atomic E-state index is 11.5. The van der Waals surface area contributed by atoms with E-state index in [0.717, 1.165) is 0 Å². The van der Waals surface area contributed by atoms with E-state index in [2.05, 4.69) is 0 Å². The summed E-state index contributed by atoms with van der Waals surface area (Å²) >= 11 is 0. The van der Waals surface area contributed by atoms with Gasteiger partial charge >= 0.3 is 5.97 Å². The van der Waals surface area contributed by atoms with Crippen molar-refractivity contribution in [3.8, 4) is 0 Å². The van der Waals surface area contributed by atoms with E-state index in [0.29, 0.717) is 13.1 Å². The molecule has 0 fully saturated rings. The summed E-state index contributed by atoms with van der Waals surface area (Å²) in [7, 11) is -1.86. The first kappa shape index (κ1) is 14.9. The summed E-state index contributed by atoms with van der Waals surface area (Å²) in [5, 5.41) is 0. The second-order valence-electron chi connectivity index (χ2n) is 4.38. The number of nitrogens with zero attached hydrogens (tertiary/aromatic N) is 1. The predicted octanol–water partition coefficient (Wildman–Crippen LogP) is 1.79. The molecule has 1 amide bonds. The lowest BCUT2D eigenvalue weighted by Crippen LogP contribution is -2.30. The second-order valence-corrected chi connectivity index (χ2v) is 8.81. The molecule has 0 aliphatic rings. The van der Waals surface area contributed by atoms with E-state index < -0.39 is 14.3 Å². The van der Waals surface area contributed by atoms with Crippen molar-refractivity contribution in [1.82, 2.24) is 4.90 Å². The average molecular weight is 243 g/mol. The molecule has 0 bridgehead atoms. The van der Waals surface area contributed by atoms with Crippen molar-refractivity contribution >= 4 is 20.2 Å². The van der Waals surface area contributed by atoms with Gasteiger partial charge in [0.05, 0.1) is 0 Å². The number of rotatable bonds is 5. The number of likely N-dealkylation sites (N-methyl/N-ethyl adjacent to an activating group) is 1. The van der Waals surface area contributed by atoms with Crippen molar-refractivity contribution in [1.29, 1.82) is 0 Å². The van der Waals surface area contributed by atoms with E-state index in [-0.39, 0.29) is 5.91 Å². The minimum Gasteiger partial charge on any atom is -0.517 e. The molecule has 92 valence electrons. The minimum absolute atomic E-state index is 0.155. The molecule has 0 N–H and O–H groups in total. The first-order valence-corrected chi connectivity index (χ1v) is 8.91. The first-order chi connectivity index (χ1) is 7.30. The summed E-state index contributed by atoms with van der Waals surface area (Å²) in [5.74, 6) is -0.586. The lowest BCUT2D eigenvalue weighted by Gasteiger charge is -2.17. The molecule has 0 aromatic carbocycles. The third kappa shape index (κ3) is 6.39. The molecule has 0 rings (SSSR count). The van der Waals surface area contributed by atoms with Gasteiger partial charge in [0, 0.05) is 25.2 Å². The van der Waals surface area contributed by atoms with Crippen molar-refractivity contribution in [2.75, 3.05) is 13.1 Å². The van der Waals surface area contributed by atoms with Crippen molar-refractivity contribution in [2.45, 2.75) is 33.5 Å². The maximum atomic E-state index is 11.5. The Hall–Kier alpha value is -1.10. The van der Waals surface area contributed by atoms with Crippen molar-refractivity contribution in [3.63, 3.8) is 0 Å². The van der Waals surface area contributed by atoms with Crippen LogP contribution >= 0.6 is 0 Å². The lowest BCUT2D eigenvalue weighted by molar-refractivity contribution is -0.130. The third-order valence-corrected chi connectivity index (χ3v) is 2.66. The first-order valence-electron chi connectivity index (χ1n) is 5.50. The normalized spacial score (nSPS) is 11.6. The smallest absolute Gasteiger partial charge is 0.317 e. The Kier molecular flexibility index (Phi) is 6.03. The molecule has 0 saturated carbocycles. The average Bonchev–Trinajstić information content (AvgIpc) is 2.14. The Morgan fingerprint density at radius 3 is 2.00 bits per heavy atom. The van der Waals surface area contributed by atoms with Crippen LogP contribution in [-0.2, 0) is 14.0 Å². The molecule has 4 nitrogen and oxygen atoms in total. The van der Waals surface area contributed by atoms with Crippen molar-refractivity contribution in [3.05, 3.63) is 12.2 Å². The molecule has 0 heterocycles. The summed E-state index contributed by atoms with van der Waals surface area (Å²) in [6, 6.07) is 0. The molecule has 0 atom stereocenters. The Morgan fingerprint density at radius 2 is 1.62 bits per heavy atom. The monoisotopic (exact) mass is 243 g/mol. The second kappa shape index (κ2) is 6.47. The zero-order valence-electron chi connectivity index (χ0n) is 10.7. The molecule has 0 unspecified atom stereocenters. The highest BCUT2D eigenvalue weighted by atomic mass is 28.4. The van der Waals surface area contributed by atoms with Crippen LogP contribution in [0.15, 0.2) is 12.2 Å². The number of carbonyl (C=O) groups excluding carboxylic acids is 2. The Bertz CT molecular complexity index is 277. The van der Waals surface area contributed by atoms with Gasteiger partial charge in [-0.15, -0.1) is 0 Å². The highest BCUT2D eigenvalue weighted by Crippen LogP contribution is 2.03. The summed E-state index contributed by atoms with van der Waals surface area (Å²) < 4.78 is 5.18. The van der Waals surface area contributed by atoms with Crippen LogP contribution in [0.25, 0.3) is 0 Å². The molecule has 0 saturated heterocycles. The van der Waals surface area contributed by atoms with Crippen LogP contribution in [0.5, 0.6) is 0 Å². The van der Waals surface area contributed by atoms with E-state index in [1.165, 1.54) is 12.2 Å². The molecular weight excluding hydrogens is 222 g/mol. The van der Waals surface area contributed by atoms with Crippen LogP contribution in [0.3, 0.4) is 0 Å². The van der Waals surface area contributed by atoms with Gasteiger partial charge in [-0.2, -0.15) is 0 Å². The van der Waals surface area contributed by atoms with Gasteiger partial charge in [0.25, 0.3) is 0 Å². The standard InChI is InChI=1S/C11H21NO3Si/c1-6-12(7-2)10(13)8-9-11(14)15-16(3,4)5/h8-9H,6-7H2,1-5H3/b9-8+.